The van der Waals surface area contributed by atoms with Crippen molar-refractivity contribution in [2.75, 3.05) is 25.0 Å². The maximum absolute atomic E-state index is 12.3. The van der Waals surface area contributed by atoms with Crippen LogP contribution in [-0.4, -0.2) is 41.3 Å². The van der Waals surface area contributed by atoms with Crippen molar-refractivity contribution >= 4 is 23.2 Å². The molecule has 2 amide bonds. The van der Waals surface area contributed by atoms with E-state index in [-0.39, 0.29) is 17.5 Å². The van der Waals surface area contributed by atoms with Crippen LogP contribution in [0.5, 0.6) is 0 Å². The summed E-state index contributed by atoms with van der Waals surface area (Å²) in [6.07, 6.45) is 1.49. The summed E-state index contributed by atoms with van der Waals surface area (Å²) in [7, 11) is 0. The van der Waals surface area contributed by atoms with E-state index in [1.165, 1.54) is 12.1 Å². The van der Waals surface area contributed by atoms with Crippen LogP contribution >= 0.6 is 0 Å². The number of benzene rings is 2. The number of hydrogen-bond donors (Lipinski definition) is 2. The predicted molar refractivity (Wildman–Crippen MR) is 105 cm³/mol. The number of anilines is 1. The first-order chi connectivity index (χ1) is 13.5. The molecule has 1 fully saturated rings. The van der Waals surface area contributed by atoms with Crippen LogP contribution in [0.4, 0.5) is 11.4 Å². The van der Waals surface area contributed by atoms with Crippen molar-refractivity contribution in [1.82, 2.24) is 10.2 Å². The van der Waals surface area contributed by atoms with Gasteiger partial charge in [-0.05, 0) is 36.2 Å². The second-order valence-electron chi connectivity index (χ2n) is 6.61. The van der Waals surface area contributed by atoms with E-state index < -0.39 is 4.92 Å². The highest BCUT2D eigenvalue weighted by Gasteiger charge is 2.20. The Morgan fingerprint density at radius 3 is 2.61 bits per heavy atom. The molecule has 28 heavy (non-hydrogen) atoms. The van der Waals surface area contributed by atoms with Gasteiger partial charge in [0.25, 0.3) is 11.6 Å². The Kier molecular flexibility index (Phi) is 6.21. The monoisotopic (exact) mass is 382 g/mol. The average molecular weight is 382 g/mol. The summed E-state index contributed by atoms with van der Waals surface area (Å²) in [5.74, 6) is -0.0210. The van der Waals surface area contributed by atoms with E-state index in [4.69, 9.17) is 0 Å². The molecule has 1 aliphatic heterocycles. The number of rotatable bonds is 8. The highest BCUT2D eigenvalue weighted by molar-refractivity contribution is 5.94. The van der Waals surface area contributed by atoms with Crippen molar-refractivity contribution in [3.8, 4) is 0 Å². The third-order valence-corrected chi connectivity index (χ3v) is 4.55. The van der Waals surface area contributed by atoms with Gasteiger partial charge in [0.1, 0.15) is 0 Å². The molecule has 2 aromatic carbocycles. The number of carbonyl (C=O) groups excluding carboxylic acids is 2. The first-order valence-electron chi connectivity index (χ1n) is 9.16. The van der Waals surface area contributed by atoms with Gasteiger partial charge in [-0.15, -0.1) is 0 Å². The predicted octanol–water partition coefficient (Wildman–Crippen LogP) is 2.56. The molecule has 8 nitrogen and oxygen atoms in total. The van der Waals surface area contributed by atoms with Crippen LogP contribution < -0.4 is 10.6 Å². The molecule has 0 unspecified atom stereocenters. The first-order valence-corrected chi connectivity index (χ1v) is 9.16. The van der Waals surface area contributed by atoms with Gasteiger partial charge in [0.15, 0.2) is 0 Å². The quantitative estimate of drug-likeness (QED) is 0.415. The standard InChI is InChI=1S/C20H22N4O4/c25-19-5-2-12-23(19)14-15-3-1-4-16(13-15)20(26)22-11-10-21-17-6-8-18(9-7-17)24(27)28/h1,3-4,6-9,13,21H,2,5,10-12,14H2,(H,22,26). The normalized spacial score (nSPS) is 13.4. The van der Waals surface area contributed by atoms with E-state index in [1.54, 1.807) is 18.2 Å². The van der Waals surface area contributed by atoms with Crippen LogP contribution in [0.15, 0.2) is 48.5 Å². The molecule has 0 spiro atoms. The highest BCUT2D eigenvalue weighted by Crippen LogP contribution is 2.16. The summed E-state index contributed by atoms with van der Waals surface area (Å²) < 4.78 is 0. The minimum absolute atomic E-state index is 0.0364. The van der Waals surface area contributed by atoms with Crippen LogP contribution in [0.1, 0.15) is 28.8 Å². The second-order valence-corrected chi connectivity index (χ2v) is 6.61. The van der Waals surface area contributed by atoms with E-state index in [0.29, 0.717) is 31.6 Å². The number of nitrogens with zero attached hydrogens (tertiary/aromatic N) is 2. The molecule has 8 heteroatoms. The second kappa shape index (κ2) is 8.98. The van der Waals surface area contributed by atoms with Crippen LogP contribution in [0.25, 0.3) is 0 Å². The lowest BCUT2D eigenvalue weighted by Crippen LogP contribution is -2.29. The lowest BCUT2D eigenvalue weighted by Gasteiger charge is -2.16. The Hall–Kier alpha value is -3.42. The number of nitro benzene ring substituents is 1. The summed E-state index contributed by atoms with van der Waals surface area (Å²) in [5, 5.41) is 16.6. The van der Waals surface area contributed by atoms with Crippen LogP contribution in [0, 0.1) is 10.1 Å². The smallest absolute Gasteiger partial charge is 0.269 e. The van der Waals surface area contributed by atoms with Gasteiger partial charge in [-0.25, -0.2) is 0 Å². The number of likely N-dealkylation sites (tertiary alicyclic amines) is 1. The first kappa shape index (κ1) is 19.3. The molecule has 0 radical (unpaired) electrons. The minimum Gasteiger partial charge on any atom is -0.383 e. The number of hydrogen-bond acceptors (Lipinski definition) is 5. The van der Waals surface area contributed by atoms with Gasteiger partial charge < -0.3 is 15.5 Å². The van der Waals surface area contributed by atoms with Crippen molar-refractivity contribution in [1.29, 1.82) is 0 Å². The van der Waals surface area contributed by atoms with Crippen molar-refractivity contribution in [2.24, 2.45) is 0 Å². The molecule has 1 aliphatic rings. The van der Waals surface area contributed by atoms with E-state index in [0.717, 1.165) is 24.2 Å². The maximum Gasteiger partial charge on any atom is 0.269 e. The third kappa shape index (κ3) is 5.06. The number of nitro groups is 1. The Morgan fingerprint density at radius 2 is 1.93 bits per heavy atom. The van der Waals surface area contributed by atoms with Gasteiger partial charge in [-0.2, -0.15) is 0 Å². The molecule has 0 bridgehead atoms. The molecule has 1 saturated heterocycles. The van der Waals surface area contributed by atoms with E-state index >= 15 is 0 Å². The van der Waals surface area contributed by atoms with Crippen molar-refractivity contribution in [3.05, 3.63) is 69.8 Å². The number of amides is 2. The fraction of sp³-hybridized carbons (Fsp3) is 0.300. The van der Waals surface area contributed by atoms with Crippen LogP contribution in [-0.2, 0) is 11.3 Å². The van der Waals surface area contributed by atoms with Gasteiger partial charge in [-0.1, -0.05) is 12.1 Å². The number of nitrogens with one attached hydrogen (secondary N) is 2. The van der Waals surface area contributed by atoms with E-state index in [9.17, 15) is 19.7 Å². The minimum atomic E-state index is -0.447. The average Bonchev–Trinajstić information content (AvgIpc) is 3.10. The molecule has 2 N–H and O–H groups in total. The van der Waals surface area contributed by atoms with Gasteiger partial charge in [0.2, 0.25) is 5.91 Å². The number of carbonyl (C=O) groups is 2. The topological polar surface area (TPSA) is 105 Å². The SMILES string of the molecule is O=C(NCCNc1ccc([N+](=O)[O-])cc1)c1cccc(CN2CCCC2=O)c1. The summed E-state index contributed by atoms with van der Waals surface area (Å²) in [5.41, 5.74) is 2.28. The van der Waals surface area contributed by atoms with Crippen molar-refractivity contribution < 1.29 is 14.5 Å². The van der Waals surface area contributed by atoms with Gasteiger partial charge >= 0.3 is 0 Å². The molecule has 2 aromatic rings. The summed E-state index contributed by atoms with van der Waals surface area (Å²) >= 11 is 0. The van der Waals surface area contributed by atoms with Gasteiger partial charge in [0.05, 0.1) is 4.92 Å². The summed E-state index contributed by atoms with van der Waals surface area (Å²) in [6.45, 7) is 2.20. The van der Waals surface area contributed by atoms with Crippen LogP contribution in [0.2, 0.25) is 0 Å². The zero-order valence-electron chi connectivity index (χ0n) is 15.4. The molecule has 0 saturated carbocycles. The Balaban J connectivity index is 1.46. The number of non-ortho nitro benzene ring substituents is 1. The molecule has 0 aliphatic carbocycles. The van der Waals surface area contributed by atoms with Gasteiger partial charge in [-0.3, -0.25) is 19.7 Å². The molecule has 0 aromatic heterocycles. The largest absolute Gasteiger partial charge is 0.383 e. The molecular weight excluding hydrogens is 360 g/mol. The third-order valence-electron chi connectivity index (χ3n) is 4.55. The van der Waals surface area contributed by atoms with Crippen LogP contribution in [0.3, 0.4) is 0 Å². The highest BCUT2D eigenvalue weighted by atomic mass is 16.6. The van der Waals surface area contributed by atoms with E-state index in [1.807, 2.05) is 23.1 Å². The zero-order chi connectivity index (χ0) is 19.9. The Labute approximate surface area is 162 Å². The molecule has 0 atom stereocenters. The van der Waals surface area contributed by atoms with Gasteiger partial charge in [0, 0.05) is 56.0 Å². The fourth-order valence-electron chi connectivity index (χ4n) is 3.09. The lowest BCUT2D eigenvalue weighted by atomic mass is 10.1. The lowest BCUT2D eigenvalue weighted by molar-refractivity contribution is -0.384. The Bertz CT molecular complexity index is 867. The molecule has 146 valence electrons. The molecule has 3 rings (SSSR count). The van der Waals surface area contributed by atoms with Crippen molar-refractivity contribution in [3.63, 3.8) is 0 Å². The Morgan fingerprint density at radius 1 is 1.14 bits per heavy atom. The summed E-state index contributed by atoms with van der Waals surface area (Å²) in [4.78, 5) is 36.1. The summed E-state index contributed by atoms with van der Waals surface area (Å²) in [6, 6.07) is 13.4. The molecular formula is C20H22N4O4. The fourth-order valence-corrected chi connectivity index (χ4v) is 3.09. The molecule has 1 heterocycles. The van der Waals surface area contributed by atoms with E-state index in [2.05, 4.69) is 10.6 Å². The van der Waals surface area contributed by atoms with Crippen molar-refractivity contribution in [2.45, 2.75) is 19.4 Å². The zero-order valence-corrected chi connectivity index (χ0v) is 15.4. The maximum atomic E-state index is 12.3.